The largest absolute Gasteiger partial charge is 0.371 e. The number of nitrogens with zero attached hydrogens (tertiary/aromatic N) is 5. The molecule has 0 aromatic heterocycles. The summed E-state index contributed by atoms with van der Waals surface area (Å²) in [6.45, 7) is 19.4. The first kappa shape index (κ1) is 29.1. The first-order chi connectivity index (χ1) is 20.3. The zero-order chi connectivity index (χ0) is 28.9. The van der Waals surface area contributed by atoms with Gasteiger partial charge in [-0.3, -0.25) is 4.90 Å². The molecule has 5 heterocycles. The van der Waals surface area contributed by atoms with Crippen LogP contribution in [0.25, 0.3) is 0 Å². The fourth-order valence-electron chi connectivity index (χ4n) is 8.66. The average Bonchev–Trinajstić information content (AvgIpc) is 3.01. The van der Waals surface area contributed by atoms with Gasteiger partial charge in [0.1, 0.15) is 0 Å². The van der Waals surface area contributed by atoms with Crippen LogP contribution in [-0.2, 0) is 0 Å². The Labute approximate surface area is 259 Å². The molecule has 4 fully saturated rings. The fourth-order valence-corrected chi connectivity index (χ4v) is 9.72. The van der Waals surface area contributed by atoms with Crippen LogP contribution in [0.3, 0.4) is 0 Å². The van der Waals surface area contributed by atoms with Gasteiger partial charge in [-0.1, -0.05) is 17.8 Å². The lowest BCUT2D eigenvalue weighted by Crippen LogP contribution is -2.50. The van der Waals surface area contributed by atoms with Crippen LogP contribution in [0, 0.1) is 10.8 Å². The van der Waals surface area contributed by atoms with Crippen molar-refractivity contribution in [2.75, 3.05) is 57.3 Å². The predicted molar refractivity (Wildman–Crippen MR) is 179 cm³/mol. The van der Waals surface area contributed by atoms with Gasteiger partial charge < -0.3 is 14.7 Å². The molecule has 1 aliphatic carbocycles. The van der Waals surface area contributed by atoms with E-state index < -0.39 is 0 Å². The number of aliphatic imine (C=N–C) groups is 1. The van der Waals surface area contributed by atoms with E-state index in [1.807, 2.05) is 11.8 Å². The normalized spacial score (nSPS) is 28.2. The topological polar surface area (TPSA) is 25.3 Å². The Bertz CT molecular complexity index is 1210. The third-order valence-corrected chi connectivity index (χ3v) is 13.2. The number of hydrogen-bond acceptors (Lipinski definition) is 6. The number of allylic oxidation sites excluding steroid dienone is 2. The smallest absolute Gasteiger partial charge is 0.0778 e. The van der Waals surface area contributed by atoms with Gasteiger partial charge in [0, 0.05) is 46.7 Å². The molecule has 42 heavy (non-hydrogen) atoms. The van der Waals surface area contributed by atoms with Crippen molar-refractivity contribution in [2.45, 2.75) is 102 Å². The summed E-state index contributed by atoms with van der Waals surface area (Å²) in [6.07, 6.45) is 18.2. The van der Waals surface area contributed by atoms with Gasteiger partial charge in [0.2, 0.25) is 0 Å². The van der Waals surface area contributed by atoms with Gasteiger partial charge in [0.25, 0.3) is 0 Å². The Kier molecular flexibility index (Phi) is 8.13. The number of fused-ring (bicyclic) bond motifs is 2. The van der Waals surface area contributed by atoms with E-state index in [1.54, 1.807) is 0 Å². The van der Waals surface area contributed by atoms with Crippen molar-refractivity contribution in [1.82, 2.24) is 14.7 Å². The maximum atomic E-state index is 5.11. The van der Waals surface area contributed by atoms with E-state index in [4.69, 9.17) is 4.99 Å². The van der Waals surface area contributed by atoms with Gasteiger partial charge in [-0.05, 0) is 160 Å². The monoisotopic (exact) mass is 587 g/mol. The minimum Gasteiger partial charge on any atom is -0.371 e. The molecular weight excluding hydrogens is 534 g/mol. The molecule has 1 aromatic rings. The second-order valence-corrected chi connectivity index (χ2v) is 16.0. The second-order valence-electron chi connectivity index (χ2n) is 14.9. The van der Waals surface area contributed by atoms with Crippen LogP contribution in [-0.4, -0.2) is 90.9 Å². The lowest BCUT2D eigenvalue weighted by Gasteiger charge is -2.49. The van der Waals surface area contributed by atoms with E-state index in [0.717, 1.165) is 11.4 Å². The van der Waals surface area contributed by atoms with Crippen LogP contribution in [0.4, 0.5) is 11.4 Å². The summed E-state index contributed by atoms with van der Waals surface area (Å²) in [5.74, 6) is 0. The maximum Gasteiger partial charge on any atom is 0.0778 e. The van der Waals surface area contributed by atoms with E-state index in [2.05, 4.69) is 83.7 Å². The molecule has 2 spiro atoms. The van der Waals surface area contributed by atoms with Crippen molar-refractivity contribution < 1.29 is 0 Å². The van der Waals surface area contributed by atoms with Gasteiger partial charge in [0.15, 0.2) is 0 Å². The minimum absolute atomic E-state index is 0.407. The molecular formula is C36H53N5S. The quantitative estimate of drug-likeness (QED) is 0.367. The zero-order valence-corrected chi connectivity index (χ0v) is 27.5. The van der Waals surface area contributed by atoms with Crippen molar-refractivity contribution >= 4 is 28.8 Å². The Balaban J connectivity index is 0.966. The molecule has 6 aliphatic rings. The van der Waals surface area contributed by atoms with Crippen LogP contribution >= 0.6 is 11.8 Å². The molecule has 228 valence electrons. The highest BCUT2D eigenvalue weighted by Gasteiger charge is 2.40. The molecule has 0 saturated carbocycles. The summed E-state index contributed by atoms with van der Waals surface area (Å²) in [5, 5.41) is 0. The average molecular weight is 588 g/mol. The highest BCUT2D eigenvalue weighted by atomic mass is 32.2. The summed E-state index contributed by atoms with van der Waals surface area (Å²) in [5.41, 5.74) is 4.86. The summed E-state index contributed by atoms with van der Waals surface area (Å²) in [7, 11) is 0. The zero-order valence-electron chi connectivity index (χ0n) is 26.7. The van der Waals surface area contributed by atoms with Crippen molar-refractivity contribution in [3.8, 4) is 0 Å². The van der Waals surface area contributed by atoms with Gasteiger partial charge in [-0.15, -0.1) is 0 Å². The molecule has 0 amide bonds. The molecule has 6 heteroatoms. The van der Waals surface area contributed by atoms with Crippen molar-refractivity contribution in [2.24, 2.45) is 15.8 Å². The van der Waals surface area contributed by atoms with Crippen LogP contribution in [0.5, 0.6) is 0 Å². The first-order valence-corrected chi connectivity index (χ1v) is 17.9. The number of benzene rings is 1. The highest BCUT2D eigenvalue weighted by molar-refractivity contribution is 8.04. The maximum absolute atomic E-state index is 5.11. The lowest BCUT2D eigenvalue weighted by atomic mass is 9.71. The van der Waals surface area contributed by atoms with Crippen LogP contribution < -0.4 is 4.90 Å². The molecule has 1 aromatic carbocycles. The molecule has 0 bridgehead atoms. The van der Waals surface area contributed by atoms with E-state index in [9.17, 15) is 0 Å². The van der Waals surface area contributed by atoms with Gasteiger partial charge in [-0.25, -0.2) is 4.99 Å². The molecule has 5 aliphatic heterocycles. The number of hydrogen-bond donors (Lipinski definition) is 0. The number of anilines is 1. The number of likely N-dealkylation sites (tertiary alicyclic amines) is 3. The van der Waals surface area contributed by atoms with Crippen LogP contribution in [0.2, 0.25) is 0 Å². The number of thioether (sulfide) groups is 1. The number of rotatable bonds is 4. The molecule has 0 radical (unpaired) electrons. The van der Waals surface area contributed by atoms with E-state index in [-0.39, 0.29) is 0 Å². The Morgan fingerprint density at radius 2 is 1.29 bits per heavy atom. The summed E-state index contributed by atoms with van der Waals surface area (Å²) in [6, 6.07) is 8.81. The minimum atomic E-state index is 0.407. The summed E-state index contributed by atoms with van der Waals surface area (Å²) >= 11 is 1.95. The third-order valence-electron chi connectivity index (χ3n) is 12.1. The van der Waals surface area contributed by atoms with E-state index in [1.165, 1.54) is 119 Å². The van der Waals surface area contributed by atoms with Crippen LogP contribution in [0.15, 0.2) is 51.2 Å². The van der Waals surface area contributed by atoms with Crippen molar-refractivity contribution in [1.29, 1.82) is 0 Å². The van der Waals surface area contributed by atoms with Gasteiger partial charge in [0.05, 0.1) is 11.4 Å². The molecule has 1 unspecified atom stereocenters. The molecule has 7 rings (SSSR count). The Morgan fingerprint density at radius 3 is 1.86 bits per heavy atom. The van der Waals surface area contributed by atoms with E-state index >= 15 is 0 Å². The van der Waals surface area contributed by atoms with Gasteiger partial charge in [-0.2, -0.15) is 0 Å². The van der Waals surface area contributed by atoms with Gasteiger partial charge >= 0.3 is 0 Å². The van der Waals surface area contributed by atoms with Crippen LogP contribution in [0.1, 0.15) is 79.1 Å². The number of piperidine rings is 4. The van der Waals surface area contributed by atoms with Crippen molar-refractivity contribution in [3.05, 3.63) is 41.3 Å². The summed E-state index contributed by atoms with van der Waals surface area (Å²) < 4.78 is 0. The summed E-state index contributed by atoms with van der Waals surface area (Å²) in [4.78, 5) is 18.5. The third kappa shape index (κ3) is 5.78. The molecule has 0 N–H and O–H groups in total. The fraction of sp³-hybridized carbons (Fsp3) is 0.694. The second kappa shape index (κ2) is 11.7. The molecule has 5 nitrogen and oxygen atoms in total. The SMILES string of the molecule is CC(C)N1CCC2(CCN(c3ccc4c(c3)SC3=CC(N5CCC6(CCN(C(C)C)CC6)CC5)C=CC3=N4)CC2)CC1. The molecule has 1 atom stereocenters. The Hall–Kier alpha value is -1.60. The standard InChI is InChI=1S/C36H53N5S/c1-27(2)38-17-9-35(10-18-38)13-21-40(22-14-35)29-5-7-31-33(25-29)42-34-26-30(6-8-32(34)37-31)41-23-15-36(16-24-41)11-19-39(20-12-36)28(3)4/h5-8,25-29H,9-24H2,1-4H3. The van der Waals surface area contributed by atoms with Crippen molar-refractivity contribution in [3.63, 3.8) is 0 Å². The highest BCUT2D eigenvalue weighted by Crippen LogP contribution is 2.47. The van der Waals surface area contributed by atoms with E-state index in [0.29, 0.717) is 29.0 Å². The first-order valence-electron chi connectivity index (χ1n) is 17.1. The Morgan fingerprint density at radius 1 is 0.738 bits per heavy atom. The predicted octanol–water partition coefficient (Wildman–Crippen LogP) is 7.36. The lowest BCUT2D eigenvalue weighted by molar-refractivity contribution is 0.0223. The molecule has 4 saturated heterocycles.